The molecule has 0 unspecified atom stereocenters. The van der Waals surface area contributed by atoms with Crippen LogP contribution < -0.4 is 5.32 Å². The monoisotopic (exact) mass is 262 g/mol. The number of nitrogens with zero attached hydrogens (tertiary/aromatic N) is 1. The molecule has 0 radical (unpaired) electrons. The minimum absolute atomic E-state index is 0.105. The summed E-state index contributed by atoms with van der Waals surface area (Å²) in [5.41, 5.74) is 2.81. The SMILES string of the molecule is CCNc1ccc(C)cc1C(=O)N(C)C(CC)CC. The summed E-state index contributed by atoms with van der Waals surface area (Å²) in [4.78, 5) is 14.5. The number of rotatable bonds is 6. The third kappa shape index (κ3) is 3.72. The Kier molecular flexibility index (Phi) is 5.87. The van der Waals surface area contributed by atoms with E-state index in [0.29, 0.717) is 6.04 Å². The molecular weight excluding hydrogens is 236 g/mol. The lowest BCUT2D eigenvalue weighted by Crippen LogP contribution is -2.36. The molecule has 1 aromatic rings. The van der Waals surface area contributed by atoms with Gasteiger partial charge in [-0.1, -0.05) is 25.5 Å². The summed E-state index contributed by atoms with van der Waals surface area (Å²) in [5.74, 6) is 0.105. The summed E-state index contributed by atoms with van der Waals surface area (Å²) in [6.07, 6.45) is 1.97. The van der Waals surface area contributed by atoms with Crippen molar-refractivity contribution in [2.45, 2.75) is 46.6 Å². The minimum Gasteiger partial charge on any atom is -0.385 e. The Morgan fingerprint density at radius 2 is 1.89 bits per heavy atom. The Morgan fingerprint density at radius 3 is 2.42 bits per heavy atom. The molecule has 3 nitrogen and oxygen atoms in total. The van der Waals surface area contributed by atoms with Gasteiger partial charge in [-0.2, -0.15) is 0 Å². The zero-order chi connectivity index (χ0) is 14.4. The Labute approximate surface area is 117 Å². The molecule has 106 valence electrons. The number of carbonyl (C=O) groups is 1. The third-order valence-corrected chi connectivity index (χ3v) is 3.58. The van der Waals surface area contributed by atoms with Crippen molar-refractivity contribution >= 4 is 11.6 Å². The summed E-state index contributed by atoms with van der Waals surface area (Å²) in [7, 11) is 1.90. The Morgan fingerprint density at radius 1 is 1.26 bits per heavy atom. The first-order chi connectivity index (χ1) is 9.04. The van der Waals surface area contributed by atoms with Crippen LogP contribution in [0.15, 0.2) is 18.2 Å². The third-order valence-electron chi connectivity index (χ3n) is 3.58. The van der Waals surface area contributed by atoms with E-state index in [-0.39, 0.29) is 5.91 Å². The normalized spacial score (nSPS) is 10.6. The summed E-state index contributed by atoms with van der Waals surface area (Å²) in [6, 6.07) is 6.31. The maximum atomic E-state index is 12.6. The molecule has 0 aliphatic rings. The van der Waals surface area contributed by atoms with E-state index in [2.05, 4.69) is 19.2 Å². The average Bonchev–Trinajstić information content (AvgIpc) is 2.41. The van der Waals surface area contributed by atoms with Crippen molar-refractivity contribution in [1.29, 1.82) is 0 Å². The van der Waals surface area contributed by atoms with Crippen LogP contribution in [0.2, 0.25) is 0 Å². The quantitative estimate of drug-likeness (QED) is 0.848. The van der Waals surface area contributed by atoms with Gasteiger partial charge in [0.2, 0.25) is 0 Å². The van der Waals surface area contributed by atoms with Crippen LogP contribution in [0.1, 0.15) is 49.5 Å². The van der Waals surface area contributed by atoms with E-state index in [1.54, 1.807) is 0 Å². The molecule has 0 heterocycles. The summed E-state index contributed by atoms with van der Waals surface area (Å²) in [6.45, 7) is 9.12. The van der Waals surface area contributed by atoms with Crippen LogP contribution in [0.5, 0.6) is 0 Å². The van der Waals surface area contributed by atoms with Gasteiger partial charge in [0.05, 0.1) is 5.56 Å². The number of hydrogen-bond donors (Lipinski definition) is 1. The molecular formula is C16H26N2O. The second kappa shape index (κ2) is 7.17. The van der Waals surface area contributed by atoms with Crippen LogP contribution in [-0.2, 0) is 0 Å². The Hall–Kier alpha value is -1.51. The fourth-order valence-corrected chi connectivity index (χ4v) is 2.37. The number of aryl methyl sites for hydroxylation is 1. The first-order valence-corrected chi connectivity index (χ1v) is 7.16. The van der Waals surface area contributed by atoms with Crippen molar-refractivity contribution in [3.63, 3.8) is 0 Å². The molecule has 0 bridgehead atoms. The van der Waals surface area contributed by atoms with Gasteiger partial charge in [0, 0.05) is 25.3 Å². The predicted octanol–water partition coefficient (Wildman–Crippen LogP) is 3.69. The molecule has 19 heavy (non-hydrogen) atoms. The molecule has 1 rings (SSSR count). The maximum Gasteiger partial charge on any atom is 0.255 e. The lowest BCUT2D eigenvalue weighted by Gasteiger charge is -2.27. The first-order valence-electron chi connectivity index (χ1n) is 7.16. The number of amides is 1. The highest BCUT2D eigenvalue weighted by Gasteiger charge is 2.20. The molecule has 3 heteroatoms. The van der Waals surface area contributed by atoms with Gasteiger partial charge >= 0.3 is 0 Å². The van der Waals surface area contributed by atoms with Crippen LogP contribution in [0.25, 0.3) is 0 Å². The van der Waals surface area contributed by atoms with Crippen LogP contribution >= 0.6 is 0 Å². The molecule has 0 aliphatic carbocycles. The Bertz CT molecular complexity index is 425. The van der Waals surface area contributed by atoms with Gasteiger partial charge in [-0.15, -0.1) is 0 Å². The van der Waals surface area contributed by atoms with Crippen molar-refractivity contribution in [3.05, 3.63) is 29.3 Å². The highest BCUT2D eigenvalue weighted by atomic mass is 16.2. The lowest BCUT2D eigenvalue weighted by molar-refractivity contribution is 0.0724. The molecule has 1 aromatic carbocycles. The summed E-state index contributed by atoms with van der Waals surface area (Å²) < 4.78 is 0. The van der Waals surface area contributed by atoms with Gasteiger partial charge < -0.3 is 10.2 Å². The summed E-state index contributed by atoms with van der Waals surface area (Å²) >= 11 is 0. The van der Waals surface area contributed by atoms with Crippen LogP contribution in [0.4, 0.5) is 5.69 Å². The highest BCUT2D eigenvalue weighted by Crippen LogP contribution is 2.21. The number of hydrogen-bond acceptors (Lipinski definition) is 2. The van der Waals surface area contributed by atoms with Crippen molar-refractivity contribution in [1.82, 2.24) is 4.90 Å². The second-order valence-corrected chi connectivity index (χ2v) is 4.97. The number of nitrogens with one attached hydrogen (secondary N) is 1. The average molecular weight is 262 g/mol. The van der Waals surface area contributed by atoms with E-state index in [0.717, 1.165) is 36.2 Å². The molecule has 0 aromatic heterocycles. The van der Waals surface area contributed by atoms with Crippen molar-refractivity contribution in [2.24, 2.45) is 0 Å². The molecule has 0 saturated carbocycles. The fraction of sp³-hybridized carbons (Fsp3) is 0.562. The molecule has 1 N–H and O–H groups in total. The van der Waals surface area contributed by atoms with Gasteiger partial charge in [-0.05, 0) is 38.8 Å². The Balaban J connectivity index is 3.06. The molecule has 0 saturated heterocycles. The van der Waals surface area contributed by atoms with E-state index < -0.39 is 0 Å². The maximum absolute atomic E-state index is 12.6. The van der Waals surface area contributed by atoms with Crippen LogP contribution in [0.3, 0.4) is 0 Å². The highest BCUT2D eigenvalue weighted by molar-refractivity contribution is 5.99. The molecule has 1 amide bonds. The molecule has 0 atom stereocenters. The van der Waals surface area contributed by atoms with Gasteiger partial charge in [0.15, 0.2) is 0 Å². The van der Waals surface area contributed by atoms with Gasteiger partial charge in [-0.25, -0.2) is 0 Å². The van der Waals surface area contributed by atoms with Gasteiger partial charge in [0.25, 0.3) is 5.91 Å². The number of benzene rings is 1. The number of carbonyl (C=O) groups excluding carboxylic acids is 1. The van der Waals surface area contributed by atoms with E-state index in [9.17, 15) is 4.79 Å². The zero-order valence-corrected chi connectivity index (χ0v) is 12.8. The van der Waals surface area contributed by atoms with Crippen molar-refractivity contribution in [2.75, 3.05) is 18.9 Å². The van der Waals surface area contributed by atoms with Crippen molar-refractivity contribution < 1.29 is 4.79 Å². The molecule has 0 spiro atoms. The second-order valence-electron chi connectivity index (χ2n) is 4.97. The minimum atomic E-state index is 0.105. The lowest BCUT2D eigenvalue weighted by atomic mass is 10.1. The van der Waals surface area contributed by atoms with E-state index in [1.807, 2.05) is 44.0 Å². The fourth-order valence-electron chi connectivity index (χ4n) is 2.37. The van der Waals surface area contributed by atoms with Gasteiger partial charge in [0.1, 0.15) is 0 Å². The summed E-state index contributed by atoms with van der Waals surface area (Å²) in [5, 5.41) is 3.27. The van der Waals surface area contributed by atoms with Gasteiger partial charge in [-0.3, -0.25) is 4.79 Å². The topological polar surface area (TPSA) is 32.3 Å². The molecule has 0 fully saturated rings. The van der Waals surface area contributed by atoms with E-state index in [1.165, 1.54) is 0 Å². The van der Waals surface area contributed by atoms with E-state index in [4.69, 9.17) is 0 Å². The first kappa shape index (κ1) is 15.5. The van der Waals surface area contributed by atoms with Crippen LogP contribution in [0, 0.1) is 6.92 Å². The largest absolute Gasteiger partial charge is 0.385 e. The smallest absolute Gasteiger partial charge is 0.255 e. The number of anilines is 1. The van der Waals surface area contributed by atoms with Crippen molar-refractivity contribution in [3.8, 4) is 0 Å². The predicted molar refractivity (Wildman–Crippen MR) is 81.8 cm³/mol. The van der Waals surface area contributed by atoms with Crippen LogP contribution in [-0.4, -0.2) is 30.4 Å². The van der Waals surface area contributed by atoms with E-state index >= 15 is 0 Å². The zero-order valence-electron chi connectivity index (χ0n) is 12.8. The molecule has 0 aliphatic heterocycles. The standard InChI is InChI=1S/C16H26N2O/c1-6-13(7-2)18(5)16(19)14-11-12(4)9-10-15(14)17-8-3/h9-11,13,17H,6-8H2,1-5H3.